The first kappa shape index (κ1) is 31.6. The molecule has 0 bridgehead atoms. The first-order valence-corrected chi connectivity index (χ1v) is 14.0. The van der Waals surface area contributed by atoms with Crippen molar-refractivity contribution in [1.29, 1.82) is 0 Å². The van der Waals surface area contributed by atoms with Gasteiger partial charge in [0.05, 0.1) is 12.3 Å². The van der Waals surface area contributed by atoms with Gasteiger partial charge in [-0.25, -0.2) is 0 Å². The molecular weight excluding hydrogens is 414 g/mol. The van der Waals surface area contributed by atoms with Gasteiger partial charge in [0.25, 0.3) is 0 Å². The van der Waals surface area contributed by atoms with E-state index in [1.54, 1.807) is 0 Å². The number of unbranched alkanes of at least 4 members (excludes halogenated alkanes) is 15. The minimum atomic E-state index is -1.00. The molecule has 0 aliphatic heterocycles. The highest BCUT2D eigenvalue weighted by Crippen LogP contribution is 2.19. The normalized spacial score (nSPS) is 12.9. The second-order valence-electron chi connectivity index (χ2n) is 9.82. The Bertz CT molecular complexity index is 506. The molecule has 0 aromatic carbocycles. The van der Waals surface area contributed by atoms with E-state index in [-0.39, 0.29) is 30.4 Å². The zero-order valence-electron chi connectivity index (χ0n) is 22.0. The number of carboxylic acids is 1. The van der Waals surface area contributed by atoms with Gasteiger partial charge in [0.15, 0.2) is 0 Å². The third-order valence-corrected chi connectivity index (χ3v) is 6.76. The molecule has 2 atom stereocenters. The van der Waals surface area contributed by atoms with Gasteiger partial charge < -0.3 is 10.4 Å². The second-order valence-corrected chi connectivity index (χ2v) is 9.82. The van der Waals surface area contributed by atoms with Gasteiger partial charge >= 0.3 is 5.97 Å². The summed E-state index contributed by atoms with van der Waals surface area (Å²) >= 11 is 0. The molecule has 0 aromatic heterocycles. The molecule has 33 heavy (non-hydrogen) atoms. The van der Waals surface area contributed by atoms with Crippen molar-refractivity contribution in [3.63, 3.8) is 0 Å². The Hall–Kier alpha value is -1.39. The Morgan fingerprint density at radius 3 is 1.48 bits per heavy atom. The number of carboxylic acid groups (broad SMARTS) is 1. The number of hydrogen-bond donors (Lipinski definition) is 2. The molecule has 0 heterocycles. The van der Waals surface area contributed by atoms with E-state index in [1.807, 2.05) is 13.8 Å². The molecule has 0 unspecified atom stereocenters. The molecule has 0 aromatic rings. The van der Waals surface area contributed by atoms with Crippen LogP contribution >= 0.6 is 0 Å². The lowest BCUT2D eigenvalue weighted by molar-refractivity contribution is -0.141. The van der Waals surface area contributed by atoms with Crippen molar-refractivity contribution in [2.75, 3.05) is 6.54 Å². The Kier molecular flexibility index (Phi) is 21.5. The van der Waals surface area contributed by atoms with Gasteiger partial charge in [-0.05, 0) is 12.3 Å². The van der Waals surface area contributed by atoms with Crippen molar-refractivity contribution in [3.05, 3.63) is 0 Å². The number of hydrogen-bond acceptors (Lipinski definition) is 3. The van der Waals surface area contributed by atoms with Crippen molar-refractivity contribution in [3.8, 4) is 0 Å². The van der Waals surface area contributed by atoms with Crippen LogP contribution in [0, 0.1) is 11.8 Å². The zero-order chi connectivity index (χ0) is 24.7. The predicted octanol–water partition coefficient (Wildman–Crippen LogP) is 7.46. The van der Waals surface area contributed by atoms with E-state index in [0.717, 1.165) is 19.3 Å². The number of carbonyl (C=O) groups is 3. The van der Waals surface area contributed by atoms with Crippen molar-refractivity contribution < 1.29 is 19.5 Å². The Balaban J connectivity index is 3.67. The molecule has 0 rings (SSSR count). The summed E-state index contributed by atoms with van der Waals surface area (Å²) in [6, 6.07) is 0. The van der Waals surface area contributed by atoms with E-state index in [0.29, 0.717) is 6.54 Å². The van der Waals surface area contributed by atoms with Gasteiger partial charge in [-0.2, -0.15) is 0 Å². The topological polar surface area (TPSA) is 83.5 Å². The van der Waals surface area contributed by atoms with Crippen LogP contribution in [-0.4, -0.2) is 29.3 Å². The van der Waals surface area contributed by atoms with Crippen LogP contribution in [0.3, 0.4) is 0 Å². The summed E-state index contributed by atoms with van der Waals surface area (Å²) in [5, 5.41) is 11.7. The van der Waals surface area contributed by atoms with Gasteiger partial charge in [-0.1, -0.05) is 124 Å². The van der Waals surface area contributed by atoms with Gasteiger partial charge in [0, 0.05) is 13.0 Å². The maximum atomic E-state index is 12.5. The van der Waals surface area contributed by atoms with Gasteiger partial charge in [0.1, 0.15) is 5.78 Å². The number of amides is 1. The number of aliphatic carboxylic acids is 1. The molecule has 0 saturated carbocycles. The fraction of sp³-hybridized carbons (Fsp3) is 0.893. The summed E-state index contributed by atoms with van der Waals surface area (Å²) in [4.78, 5) is 35.6. The molecule has 0 aliphatic rings. The SMILES string of the molecule is CCCCCCCCCCCCCCCCCCNC(=O)[C@H](C(=O)CCC(=O)O)[C@@H](C)CC. The first-order chi connectivity index (χ1) is 15.9. The minimum absolute atomic E-state index is 0.0721. The molecular formula is C28H53NO4. The van der Waals surface area contributed by atoms with E-state index in [4.69, 9.17) is 5.11 Å². The molecule has 5 heteroatoms. The Morgan fingerprint density at radius 1 is 0.667 bits per heavy atom. The fourth-order valence-corrected chi connectivity index (χ4v) is 4.34. The quantitative estimate of drug-likeness (QED) is 0.114. The average Bonchev–Trinajstić information content (AvgIpc) is 2.79. The van der Waals surface area contributed by atoms with Crippen LogP contribution in [0.5, 0.6) is 0 Å². The monoisotopic (exact) mass is 467 g/mol. The van der Waals surface area contributed by atoms with Crippen LogP contribution in [-0.2, 0) is 14.4 Å². The number of rotatable bonds is 24. The summed E-state index contributed by atoms with van der Waals surface area (Å²) < 4.78 is 0. The van der Waals surface area contributed by atoms with Crippen LogP contribution in [0.1, 0.15) is 143 Å². The highest BCUT2D eigenvalue weighted by atomic mass is 16.4. The Labute approximate surface area is 203 Å². The number of carbonyl (C=O) groups excluding carboxylic acids is 2. The van der Waals surface area contributed by atoms with Crippen molar-refractivity contribution in [2.24, 2.45) is 11.8 Å². The third-order valence-electron chi connectivity index (χ3n) is 6.76. The highest BCUT2D eigenvalue weighted by molar-refractivity contribution is 6.02. The van der Waals surface area contributed by atoms with E-state index in [2.05, 4.69) is 12.2 Å². The van der Waals surface area contributed by atoms with Crippen LogP contribution in [0.25, 0.3) is 0 Å². The van der Waals surface area contributed by atoms with Crippen molar-refractivity contribution in [1.82, 2.24) is 5.32 Å². The molecule has 0 radical (unpaired) electrons. The lowest BCUT2D eigenvalue weighted by Crippen LogP contribution is -2.39. The summed E-state index contributed by atoms with van der Waals surface area (Å²) in [7, 11) is 0. The number of nitrogens with one attached hydrogen (secondary N) is 1. The molecule has 1 amide bonds. The summed E-state index contributed by atoms with van der Waals surface area (Å²) in [6.07, 6.45) is 21.5. The average molecular weight is 468 g/mol. The molecule has 2 N–H and O–H groups in total. The van der Waals surface area contributed by atoms with Crippen LogP contribution in [0.15, 0.2) is 0 Å². The lowest BCUT2D eigenvalue weighted by atomic mass is 9.85. The molecule has 0 spiro atoms. The zero-order valence-corrected chi connectivity index (χ0v) is 22.0. The van der Waals surface area contributed by atoms with Crippen LogP contribution < -0.4 is 5.32 Å². The number of Topliss-reactive ketones (excluding diaryl/α,β-unsaturated/α-hetero) is 1. The largest absolute Gasteiger partial charge is 0.481 e. The molecule has 0 aliphatic carbocycles. The van der Waals surface area contributed by atoms with Gasteiger partial charge in [-0.15, -0.1) is 0 Å². The molecule has 5 nitrogen and oxygen atoms in total. The van der Waals surface area contributed by atoms with E-state index in [1.165, 1.54) is 89.9 Å². The molecule has 0 fully saturated rings. The standard InChI is InChI=1S/C28H53NO4/c1-4-6-7-8-9-10-11-12-13-14-15-16-17-18-19-20-23-29-28(33)27(24(3)5-2)25(30)21-22-26(31)32/h24,27H,4-23H2,1-3H3,(H,29,33)(H,31,32)/t24-,27-/m0/s1. The smallest absolute Gasteiger partial charge is 0.303 e. The highest BCUT2D eigenvalue weighted by Gasteiger charge is 2.30. The van der Waals surface area contributed by atoms with E-state index in [9.17, 15) is 14.4 Å². The van der Waals surface area contributed by atoms with E-state index < -0.39 is 11.9 Å². The maximum Gasteiger partial charge on any atom is 0.303 e. The predicted molar refractivity (Wildman–Crippen MR) is 137 cm³/mol. The van der Waals surface area contributed by atoms with E-state index >= 15 is 0 Å². The lowest BCUT2D eigenvalue weighted by Gasteiger charge is -2.21. The number of ketones is 1. The fourth-order valence-electron chi connectivity index (χ4n) is 4.34. The Morgan fingerprint density at radius 2 is 1.09 bits per heavy atom. The summed E-state index contributed by atoms with van der Waals surface area (Å²) in [6.45, 7) is 6.70. The minimum Gasteiger partial charge on any atom is -0.481 e. The van der Waals surface area contributed by atoms with Crippen molar-refractivity contribution >= 4 is 17.7 Å². The van der Waals surface area contributed by atoms with Crippen LogP contribution in [0.2, 0.25) is 0 Å². The summed E-state index contributed by atoms with van der Waals surface area (Å²) in [5.41, 5.74) is 0. The molecule has 194 valence electrons. The molecule has 0 saturated heterocycles. The third kappa shape index (κ3) is 18.7. The maximum absolute atomic E-state index is 12.5. The van der Waals surface area contributed by atoms with Crippen LogP contribution in [0.4, 0.5) is 0 Å². The summed E-state index contributed by atoms with van der Waals surface area (Å²) in [5.74, 6) is -2.29. The second kappa shape index (κ2) is 22.4. The van der Waals surface area contributed by atoms with Gasteiger partial charge in [0.2, 0.25) is 5.91 Å². The first-order valence-electron chi connectivity index (χ1n) is 14.0. The van der Waals surface area contributed by atoms with Gasteiger partial charge in [-0.3, -0.25) is 14.4 Å². The van der Waals surface area contributed by atoms with Crippen molar-refractivity contribution in [2.45, 2.75) is 143 Å².